The summed E-state index contributed by atoms with van der Waals surface area (Å²) in [5.41, 5.74) is 0. The van der Waals surface area contributed by atoms with Crippen LogP contribution in [0.1, 0.15) is 6.92 Å². The van der Waals surface area contributed by atoms with Gasteiger partial charge in [0.2, 0.25) is 5.91 Å². The fourth-order valence-electron chi connectivity index (χ4n) is 0.811. The van der Waals surface area contributed by atoms with Gasteiger partial charge in [-0.1, -0.05) is 0 Å². The maximum atomic E-state index is 12.0. The molecule has 0 spiro atoms. The van der Waals surface area contributed by atoms with Crippen LogP contribution in [-0.2, 0) is 9.59 Å². The van der Waals surface area contributed by atoms with Crippen LogP contribution in [0.25, 0.3) is 0 Å². The van der Waals surface area contributed by atoms with Gasteiger partial charge in [0.15, 0.2) is 0 Å². The van der Waals surface area contributed by atoms with E-state index in [0.717, 1.165) is 4.90 Å². The van der Waals surface area contributed by atoms with Crippen molar-refractivity contribution < 1.29 is 22.8 Å². The first-order chi connectivity index (χ1) is 6.70. The standard InChI is InChI=1S/C8H13F3N2O2/c1-4-13(5-6(14)12(2)3)7(15)8(9,10)11/h4-5H2,1-3H3. The van der Waals surface area contributed by atoms with Gasteiger partial charge in [0.1, 0.15) is 0 Å². The average Bonchev–Trinajstić information content (AvgIpc) is 2.10. The Morgan fingerprint density at radius 3 is 1.93 bits per heavy atom. The largest absolute Gasteiger partial charge is 0.471 e. The minimum absolute atomic E-state index is 0.155. The smallest absolute Gasteiger partial charge is 0.347 e. The van der Waals surface area contributed by atoms with Gasteiger partial charge in [-0.15, -0.1) is 0 Å². The number of halogens is 3. The zero-order valence-corrected chi connectivity index (χ0v) is 8.76. The van der Waals surface area contributed by atoms with Crippen LogP contribution in [0.4, 0.5) is 13.2 Å². The highest BCUT2D eigenvalue weighted by molar-refractivity contribution is 5.87. The Labute approximate surface area is 85.6 Å². The summed E-state index contributed by atoms with van der Waals surface area (Å²) in [6.07, 6.45) is -4.93. The Morgan fingerprint density at radius 2 is 1.67 bits per heavy atom. The van der Waals surface area contributed by atoms with Crippen LogP contribution in [0, 0.1) is 0 Å². The lowest BCUT2D eigenvalue weighted by atomic mass is 10.4. The third-order valence-corrected chi connectivity index (χ3v) is 1.74. The van der Waals surface area contributed by atoms with Gasteiger partial charge in [-0.3, -0.25) is 9.59 Å². The van der Waals surface area contributed by atoms with Crippen molar-refractivity contribution in [2.75, 3.05) is 27.2 Å². The monoisotopic (exact) mass is 226 g/mol. The molecule has 0 rings (SSSR count). The zero-order valence-electron chi connectivity index (χ0n) is 8.76. The molecule has 0 aromatic rings. The van der Waals surface area contributed by atoms with Gasteiger partial charge in [0.05, 0.1) is 6.54 Å². The lowest BCUT2D eigenvalue weighted by molar-refractivity contribution is -0.185. The van der Waals surface area contributed by atoms with E-state index in [1.54, 1.807) is 0 Å². The number of nitrogens with zero attached hydrogens (tertiary/aromatic N) is 2. The van der Waals surface area contributed by atoms with Crippen molar-refractivity contribution in [3.8, 4) is 0 Å². The molecule has 88 valence electrons. The summed E-state index contributed by atoms with van der Waals surface area (Å²) in [6, 6.07) is 0. The molecule has 0 aliphatic rings. The number of hydrogen-bond donors (Lipinski definition) is 0. The van der Waals surface area contributed by atoms with Gasteiger partial charge in [0, 0.05) is 20.6 Å². The SMILES string of the molecule is CCN(CC(=O)N(C)C)C(=O)C(F)(F)F. The number of amides is 2. The van der Waals surface area contributed by atoms with Crippen LogP contribution in [0.2, 0.25) is 0 Å². The second kappa shape index (κ2) is 4.99. The Bertz CT molecular complexity index is 251. The maximum absolute atomic E-state index is 12.0. The topological polar surface area (TPSA) is 40.6 Å². The number of alkyl halides is 3. The van der Waals surface area contributed by atoms with Crippen LogP contribution < -0.4 is 0 Å². The molecule has 4 nitrogen and oxygen atoms in total. The lowest BCUT2D eigenvalue weighted by Gasteiger charge is -2.22. The highest BCUT2D eigenvalue weighted by Gasteiger charge is 2.42. The van der Waals surface area contributed by atoms with Gasteiger partial charge in [-0.05, 0) is 6.92 Å². The van der Waals surface area contributed by atoms with E-state index in [4.69, 9.17) is 0 Å². The minimum atomic E-state index is -4.93. The molecule has 0 saturated carbocycles. The summed E-state index contributed by atoms with van der Waals surface area (Å²) in [4.78, 5) is 23.5. The van der Waals surface area contributed by atoms with E-state index >= 15 is 0 Å². The molecular formula is C8H13F3N2O2. The second-order valence-electron chi connectivity index (χ2n) is 3.11. The highest BCUT2D eigenvalue weighted by Crippen LogP contribution is 2.18. The average molecular weight is 226 g/mol. The van der Waals surface area contributed by atoms with Crippen molar-refractivity contribution in [1.82, 2.24) is 9.80 Å². The molecule has 0 aliphatic carbocycles. The van der Waals surface area contributed by atoms with Crippen LogP contribution in [0.3, 0.4) is 0 Å². The van der Waals surface area contributed by atoms with Crippen molar-refractivity contribution in [3.63, 3.8) is 0 Å². The zero-order chi connectivity index (χ0) is 12.2. The first-order valence-electron chi connectivity index (χ1n) is 4.26. The van der Waals surface area contributed by atoms with Crippen LogP contribution in [-0.4, -0.2) is 55.0 Å². The molecule has 0 saturated heterocycles. The molecule has 0 aromatic carbocycles. The number of hydrogen-bond acceptors (Lipinski definition) is 2. The Kier molecular flexibility index (Phi) is 4.57. The molecule has 2 amide bonds. The first kappa shape index (κ1) is 13.7. The van der Waals surface area contributed by atoms with E-state index in [9.17, 15) is 22.8 Å². The van der Waals surface area contributed by atoms with Gasteiger partial charge >= 0.3 is 12.1 Å². The molecule has 0 unspecified atom stereocenters. The summed E-state index contributed by atoms with van der Waals surface area (Å²) >= 11 is 0. The maximum Gasteiger partial charge on any atom is 0.471 e. The van der Waals surface area contributed by atoms with Crippen LogP contribution >= 0.6 is 0 Å². The summed E-state index contributed by atoms with van der Waals surface area (Å²) in [5.74, 6) is -2.53. The molecule has 0 N–H and O–H groups in total. The predicted octanol–water partition coefficient (Wildman–Crippen LogP) is 0.485. The van der Waals surface area contributed by atoms with E-state index in [1.807, 2.05) is 0 Å². The van der Waals surface area contributed by atoms with Crippen molar-refractivity contribution >= 4 is 11.8 Å². The Morgan fingerprint density at radius 1 is 1.20 bits per heavy atom. The highest BCUT2D eigenvalue weighted by atomic mass is 19.4. The quantitative estimate of drug-likeness (QED) is 0.702. The second-order valence-corrected chi connectivity index (χ2v) is 3.11. The fourth-order valence-corrected chi connectivity index (χ4v) is 0.811. The number of carbonyl (C=O) groups excluding carboxylic acids is 2. The number of rotatable bonds is 3. The van der Waals surface area contributed by atoms with E-state index in [-0.39, 0.29) is 6.54 Å². The van der Waals surface area contributed by atoms with Gasteiger partial charge in [-0.25, -0.2) is 0 Å². The number of carbonyl (C=O) groups is 2. The molecule has 0 radical (unpaired) electrons. The van der Waals surface area contributed by atoms with E-state index in [2.05, 4.69) is 0 Å². The van der Waals surface area contributed by atoms with E-state index in [1.165, 1.54) is 21.0 Å². The van der Waals surface area contributed by atoms with Crippen molar-refractivity contribution in [3.05, 3.63) is 0 Å². The molecule has 7 heteroatoms. The predicted molar refractivity (Wildman–Crippen MR) is 47.0 cm³/mol. The van der Waals surface area contributed by atoms with Crippen molar-refractivity contribution in [2.45, 2.75) is 13.1 Å². The number of likely N-dealkylation sites (N-methyl/N-ethyl adjacent to an activating group) is 2. The van der Waals surface area contributed by atoms with Gasteiger partial charge in [0.25, 0.3) is 0 Å². The molecule has 0 aromatic heterocycles. The molecule has 0 aliphatic heterocycles. The summed E-state index contributed by atoms with van der Waals surface area (Å²) in [6.45, 7) is 0.673. The van der Waals surface area contributed by atoms with Crippen LogP contribution in [0.15, 0.2) is 0 Å². The summed E-state index contributed by atoms with van der Waals surface area (Å²) in [5, 5.41) is 0. The third kappa shape index (κ3) is 4.18. The lowest BCUT2D eigenvalue weighted by Crippen LogP contribution is -2.45. The summed E-state index contributed by atoms with van der Waals surface area (Å²) in [7, 11) is 2.82. The molecule has 0 atom stereocenters. The van der Waals surface area contributed by atoms with Crippen molar-refractivity contribution in [2.24, 2.45) is 0 Å². The normalized spacial score (nSPS) is 11.1. The van der Waals surface area contributed by atoms with Gasteiger partial charge < -0.3 is 9.80 Å². The first-order valence-corrected chi connectivity index (χ1v) is 4.26. The van der Waals surface area contributed by atoms with E-state index in [0.29, 0.717) is 4.90 Å². The molecule has 0 bridgehead atoms. The Hall–Kier alpha value is -1.27. The van der Waals surface area contributed by atoms with E-state index < -0.39 is 24.5 Å². The third-order valence-electron chi connectivity index (χ3n) is 1.74. The summed E-state index contributed by atoms with van der Waals surface area (Å²) < 4.78 is 36.1. The van der Waals surface area contributed by atoms with Crippen LogP contribution in [0.5, 0.6) is 0 Å². The Balaban J connectivity index is 4.52. The minimum Gasteiger partial charge on any atom is -0.347 e. The fraction of sp³-hybridized carbons (Fsp3) is 0.750. The molecule has 0 heterocycles. The molecule has 15 heavy (non-hydrogen) atoms. The molecule has 0 fully saturated rings. The van der Waals surface area contributed by atoms with Gasteiger partial charge in [-0.2, -0.15) is 13.2 Å². The van der Waals surface area contributed by atoms with Crippen molar-refractivity contribution in [1.29, 1.82) is 0 Å². The molecular weight excluding hydrogens is 213 g/mol.